The molecule has 3 nitrogen and oxygen atoms in total. The molecule has 0 spiro atoms. The molecule has 1 aliphatic carbocycles. The van der Waals surface area contributed by atoms with Crippen LogP contribution in [0.4, 0.5) is 0 Å². The molecule has 0 saturated heterocycles. The van der Waals surface area contributed by atoms with Crippen molar-refractivity contribution < 1.29 is 14.3 Å². The Morgan fingerprint density at radius 2 is 1.26 bits per heavy atom. The van der Waals surface area contributed by atoms with Gasteiger partial charge < -0.3 is 9.47 Å². The fourth-order valence-electron chi connectivity index (χ4n) is 3.20. The molecule has 0 heterocycles. The number of ether oxygens (including phenoxy) is 2. The average Bonchev–Trinajstić information content (AvgIpc) is 2.71. The standard InChI is InChI=1S/C24H22O3/c25-24-12-11-23(24)20-13-21(26-16-18-7-3-1-4-8-18)15-22(14-20)27-17-19-9-5-2-6-10-19/h1-10,13-15,23H,11-12,16-17H2. The van der Waals surface area contributed by atoms with Crippen LogP contribution in [0.25, 0.3) is 0 Å². The molecule has 3 heteroatoms. The van der Waals surface area contributed by atoms with Gasteiger partial charge in [-0.2, -0.15) is 0 Å². The smallest absolute Gasteiger partial charge is 0.140 e. The molecule has 27 heavy (non-hydrogen) atoms. The quantitative estimate of drug-likeness (QED) is 0.575. The van der Waals surface area contributed by atoms with Crippen LogP contribution >= 0.6 is 0 Å². The maximum Gasteiger partial charge on any atom is 0.140 e. The van der Waals surface area contributed by atoms with Crippen LogP contribution in [0.15, 0.2) is 78.9 Å². The Morgan fingerprint density at radius 3 is 1.67 bits per heavy atom. The van der Waals surface area contributed by atoms with E-state index in [1.165, 1.54) is 0 Å². The zero-order valence-electron chi connectivity index (χ0n) is 15.1. The van der Waals surface area contributed by atoms with Crippen molar-refractivity contribution in [3.8, 4) is 11.5 Å². The number of rotatable bonds is 7. The van der Waals surface area contributed by atoms with Gasteiger partial charge in [0.2, 0.25) is 0 Å². The molecule has 136 valence electrons. The summed E-state index contributed by atoms with van der Waals surface area (Å²) in [5.74, 6) is 1.74. The van der Waals surface area contributed by atoms with Crippen molar-refractivity contribution in [3.63, 3.8) is 0 Å². The fraction of sp³-hybridized carbons (Fsp3) is 0.208. The molecule has 3 aromatic carbocycles. The molecule has 1 atom stereocenters. The van der Waals surface area contributed by atoms with Gasteiger partial charge in [0.15, 0.2) is 0 Å². The van der Waals surface area contributed by atoms with Gasteiger partial charge >= 0.3 is 0 Å². The van der Waals surface area contributed by atoms with Crippen molar-refractivity contribution in [2.24, 2.45) is 0 Å². The van der Waals surface area contributed by atoms with Crippen LogP contribution in [0, 0.1) is 0 Å². The molecule has 1 unspecified atom stereocenters. The van der Waals surface area contributed by atoms with E-state index in [0.29, 0.717) is 25.4 Å². The minimum Gasteiger partial charge on any atom is -0.489 e. The van der Waals surface area contributed by atoms with Gasteiger partial charge in [-0.15, -0.1) is 0 Å². The van der Waals surface area contributed by atoms with Crippen LogP contribution < -0.4 is 9.47 Å². The Morgan fingerprint density at radius 1 is 0.741 bits per heavy atom. The largest absolute Gasteiger partial charge is 0.489 e. The van der Waals surface area contributed by atoms with Gasteiger partial charge in [0.05, 0.1) is 0 Å². The summed E-state index contributed by atoms with van der Waals surface area (Å²) in [6.45, 7) is 0.974. The van der Waals surface area contributed by atoms with Crippen LogP contribution in [0.2, 0.25) is 0 Å². The van der Waals surface area contributed by atoms with E-state index < -0.39 is 0 Å². The van der Waals surface area contributed by atoms with E-state index in [1.54, 1.807) is 0 Å². The lowest BCUT2D eigenvalue weighted by atomic mass is 9.78. The van der Waals surface area contributed by atoms with E-state index in [1.807, 2.05) is 78.9 Å². The first-order chi connectivity index (χ1) is 13.3. The number of hydrogen-bond donors (Lipinski definition) is 0. The molecule has 1 fully saturated rings. The van der Waals surface area contributed by atoms with Crippen molar-refractivity contribution in [2.45, 2.75) is 32.0 Å². The minimum absolute atomic E-state index is 0.0237. The van der Waals surface area contributed by atoms with Crippen LogP contribution in [0.5, 0.6) is 11.5 Å². The summed E-state index contributed by atoms with van der Waals surface area (Å²) in [6, 6.07) is 25.9. The Bertz CT molecular complexity index is 842. The third-order valence-electron chi connectivity index (χ3n) is 4.87. The highest BCUT2D eigenvalue weighted by Crippen LogP contribution is 2.37. The zero-order chi connectivity index (χ0) is 18.5. The fourth-order valence-corrected chi connectivity index (χ4v) is 3.20. The second kappa shape index (κ2) is 8.09. The van der Waals surface area contributed by atoms with E-state index in [4.69, 9.17) is 9.47 Å². The first kappa shape index (κ1) is 17.3. The highest BCUT2D eigenvalue weighted by Gasteiger charge is 2.30. The predicted molar refractivity (Wildman–Crippen MR) is 105 cm³/mol. The second-order valence-electron chi connectivity index (χ2n) is 6.84. The van der Waals surface area contributed by atoms with Gasteiger partial charge in [0.25, 0.3) is 0 Å². The summed E-state index contributed by atoms with van der Waals surface area (Å²) < 4.78 is 12.0. The summed E-state index contributed by atoms with van der Waals surface area (Å²) in [4.78, 5) is 11.9. The number of carbonyl (C=O) groups excluding carboxylic acids is 1. The summed E-state index contributed by atoms with van der Waals surface area (Å²) >= 11 is 0. The van der Waals surface area contributed by atoms with Gasteiger partial charge in [-0.3, -0.25) is 4.79 Å². The third kappa shape index (κ3) is 4.37. The Kier molecular flexibility index (Phi) is 5.20. The van der Waals surface area contributed by atoms with E-state index in [-0.39, 0.29) is 5.92 Å². The summed E-state index contributed by atoms with van der Waals surface area (Å²) in [5, 5.41) is 0. The minimum atomic E-state index is -0.0237. The number of carbonyl (C=O) groups is 1. The lowest BCUT2D eigenvalue weighted by Crippen LogP contribution is -2.23. The second-order valence-corrected chi connectivity index (χ2v) is 6.84. The molecule has 0 aliphatic heterocycles. The summed E-state index contributed by atoms with van der Waals surface area (Å²) in [6.07, 6.45) is 1.57. The molecule has 0 aromatic heterocycles. The molecule has 4 rings (SSSR count). The van der Waals surface area contributed by atoms with Crippen molar-refractivity contribution in [3.05, 3.63) is 95.6 Å². The molecule has 1 aliphatic rings. The molecule has 3 aromatic rings. The van der Waals surface area contributed by atoms with Crippen molar-refractivity contribution in [1.29, 1.82) is 0 Å². The molecule has 0 amide bonds. The third-order valence-corrected chi connectivity index (χ3v) is 4.87. The monoisotopic (exact) mass is 358 g/mol. The van der Waals surface area contributed by atoms with Gasteiger partial charge in [0, 0.05) is 18.4 Å². The van der Waals surface area contributed by atoms with Gasteiger partial charge in [0.1, 0.15) is 30.5 Å². The summed E-state index contributed by atoms with van der Waals surface area (Å²) in [7, 11) is 0. The highest BCUT2D eigenvalue weighted by atomic mass is 16.5. The van der Waals surface area contributed by atoms with Crippen LogP contribution in [-0.4, -0.2) is 5.78 Å². The topological polar surface area (TPSA) is 35.5 Å². The molecular weight excluding hydrogens is 336 g/mol. The maximum absolute atomic E-state index is 11.9. The number of benzene rings is 3. The van der Waals surface area contributed by atoms with Gasteiger partial charge in [-0.1, -0.05) is 60.7 Å². The lowest BCUT2D eigenvalue weighted by Gasteiger charge is -2.25. The molecule has 0 radical (unpaired) electrons. The first-order valence-electron chi connectivity index (χ1n) is 9.29. The van der Waals surface area contributed by atoms with Gasteiger partial charge in [-0.05, 0) is 35.2 Å². The zero-order valence-corrected chi connectivity index (χ0v) is 15.1. The van der Waals surface area contributed by atoms with Crippen molar-refractivity contribution in [2.75, 3.05) is 0 Å². The molecule has 0 N–H and O–H groups in total. The number of hydrogen-bond acceptors (Lipinski definition) is 3. The number of ketones is 1. The maximum atomic E-state index is 11.9. The Hall–Kier alpha value is -3.07. The Labute approximate surface area is 159 Å². The van der Waals surface area contributed by atoms with E-state index in [2.05, 4.69) is 0 Å². The van der Waals surface area contributed by atoms with Gasteiger partial charge in [-0.25, -0.2) is 0 Å². The molecular formula is C24H22O3. The molecule has 0 bridgehead atoms. The molecule has 1 saturated carbocycles. The lowest BCUT2D eigenvalue weighted by molar-refractivity contribution is -0.125. The van der Waals surface area contributed by atoms with Crippen molar-refractivity contribution >= 4 is 5.78 Å². The SMILES string of the molecule is O=C1CCC1c1cc(OCc2ccccc2)cc(OCc2ccccc2)c1. The summed E-state index contributed by atoms with van der Waals surface area (Å²) in [5.41, 5.74) is 3.20. The highest BCUT2D eigenvalue weighted by molar-refractivity contribution is 5.91. The first-order valence-corrected chi connectivity index (χ1v) is 9.29. The van der Waals surface area contributed by atoms with Crippen LogP contribution in [0.3, 0.4) is 0 Å². The van der Waals surface area contributed by atoms with Crippen LogP contribution in [-0.2, 0) is 18.0 Å². The van der Waals surface area contributed by atoms with Crippen LogP contribution in [0.1, 0.15) is 35.4 Å². The van der Waals surface area contributed by atoms with E-state index in [0.717, 1.165) is 34.6 Å². The van der Waals surface area contributed by atoms with E-state index in [9.17, 15) is 4.79 Å². The average molecular weight is 358 g/mol. The normalized spacial score (nSPS) is 15.9. The number of Topliss-reactive ketones (excluding diaryl/α,β-unsaturated/α-hetero) is 1. The Balaban J connectivity index is 1.52. The van der Waals surface area contributed by atoms with Crippen molar-refractivity contribution in [1.82, 2.24) is 0 Å². The van der Waals surface area contributed by atoms with E-state index >= 15 is 0 Å². The predicted octanol–water partition coefficient (Wildman–Crippen LogP) is 5.29.